The van der Waals surface area contributed by atoms with Crippen molar-refractivity contribution in [3.63, 3.8) is 0 Å². The van der Waals surface area contributed by atoms with Crippen LogP contribution in [-0.4, -0.2) is 26.2 Å². The van der Waals surface area contributed by atoms with E-state index in [0.717, 1.165) is 43.8 Å². The standard InChI is InChI=1S/C30H22O4/c1-33-29(31)21-13-15-23-25(17-21)26-18-22(30(32)34-2)14-16-24(26)28(20-11-7-4-8-12-20)27(23)19-9-5-3-6-10-19/h3-18H,1-2H3. The fourth-order valence-corrected chi connectivity index (χ4v) is 4.54. The lowest BCUT2D eigenvalue weighted by Gasteiger charge is -2.19. The molecule has 5 aromatic rings. The monoisotopic (exact) mass is 446 g/mol. The van der Waals surface area contributed by atoms with Crippen LogP contribution >= 0.6 is 0 Å². The van der Waals surface area contributed by atoms with E-state index in [0.29, 0.717) is 11.1 Å². The summed E-state index contributed by atoms with van der Waals surface area (Å²) in [5, 5.41) is 3.68. The Hall–Kier alpha value is -4.44. The van der Waals surface area contributed by atoms with Crippen LogP contribution in [0.2, 0.25) is 0 Å². The first-order valence-corrected chi connectivity index (χ1v) is 10.9. The maximum Gasteiger partial charge on any atom is 0.337 e. The molecule has 0 saturated carbocycles. The van der Waals surface area contributed by atoms with Crippen LogP contribution in [0.1, 0.15) is 20.7 Å². The van der Waals surface area contributed by atoms with Gasteiger partial charge in [0, 0.05) is 0 Å². The van der Waals surface area contributed by atoms with E-state index >= 15 is 0 Å². The van der Waals surface area contributed by atoms with Gasteiger partial charge in [-0.2, -0.15) is 0 Å². The number of hydrogen-bond acceptors (Lipinski definition) is 4. The van der Waals surface area contributed by atoms with E-state index in [-0.39, 0.29) is 0 Å². The van der Waals surface area contributed by atoms with Crippen LogP contribution in [0.25, 0.3) is 43.8 Å². The Kier molecular flexibility index (Phi) is 5.56. The average molecular weight is 447 g/mol. The van der Waals surface area contributed by atoms with Gasteiger partial charge in [-0.15, -0.1) is 0 Å². The van der Waals surface area contributed by atoms with E-state index in [9.17, 15) is 9.59 Å². The van der Waals surface area contributed by atoms with Gasteiger partial charge >= 0.3 is 11.9 Å². The molecule has 0 saturated heterocycles. The van der Waals surface area contributed by atoms with Gasteiger partial charge in [-0.1, -0.05) is 72.8 Å². The third-order valence-corrected chi connectivity index (χ3v) is 6.09. The van der Waals surface area contributed by atoms with Crippen molar-refractivity contribution in [1.29, 1.82) is 0 Å². The topological polar surface area (TPSA) is 52.6 Å². The molecule has 5 aromatic carbocycles. The highest BCUT2D eigenvalue weighted by Gasteiger charge is 2.20. The van der Waals surface area contributed by atoms with Crippen molar-refractivity contribution in [2.45, 2.75) is 0 Å². The third-order valence-electron chi connectivity index (χ3n) is 6.09. The van der Waals surface area contributed by atoms with Crippen molar-refractivity contribution in [1.82, 2.24) is 0 Å². The summed E-state index contributed by atoms with van der Waals surface area (Å²) in [4.78, 5) is 24.7. The SMILES string of the molecule is COC(=O)c1ccc2c(-c3ccccc3)c(-c3ccccc3)c3ccc(C(=O)OC)cc3c2c1. The minimum absolute atomic E-state index is 0.410. The van der Waals surface area contributed by atoms with Crippen molar-refractivity contribution >= 4 is 33.5 Å². The van der Waals surface area contributed by atoms with Gasteiger partial charge in [-0.05, 0) is 68.1 Å². The highest BCUT2D eigenvalue weighted by Crippen LogP contribution is 2.44. The van der Waals surface area contributed by atoms with Crippen LogP contribution < -0.4 is 0 Å². The van der Waals surface area contributed by atoms with Crippen molar-refractivity contribution in [2.75, 3.05) is 14.2 Å². The summed E-state index contributed by atoms with van der Waals surface area (Å²) in [6, 6.07) is 31.6. The van der Waals surface area contributed by atoms with Crippen LogP contribution in [0.5, 0.6) is 0 Å². The summed E-state index contributed by atoms with van der Waals surface area (Å²) < 4.78 is 9.94. The summed E-state index contributed by atoms with van der Waals surface area (Å²) in [6.07, 6.45) is 0. The van der Waals surface area contributed by atoms with Crippen LogP contribution in [0.3, 0.4) is 0 Å². The predicted molar refractivity (Wildman–Crippen MR) is 135 cm³/mol. The summed E-state index contributed by atoms with van der Waals surface area (Å²) >= 11 is 0. The van der Waals surface area contributed by atoms with E-state index in [1.807, 2.05) is 60.7 Å². The van der Waals surface area contributed by atoms with Gasteiger partial charge in [0.1, 0.15) is 0 Å². The lowest BCUT2D eigenvalue weighted by Crippen LogP contribution is -2.03. The zero-order valence-corrected chi connectivity index (χ0v) is 18.9. The Bertz CT molecular complexity index is 1420. The molecule has 0 bridgehead atoms. The van der Waals surface area contributed by atoms with Crippen LogP contribution in [0.4, 0.5) is 0 Å². The molecular weight excluding hydrogens is 424 g/mol. The molecule has 0 amide bonds. The zero-order valence-electron chi connectivity index (χ0n) is 18.9. The first-order chi connectivity index (χ1) is 16.6. The smallest absolute Gasteiger partial charge is 0.337 e. The van der Waals surface area contributed by atoms with E-state index in [1.165, 1.54) is 14.2 Å². The second-order valence-corrected chi connectivity index (χ2v) is 7.99. The van der Waals surface area contributed by atoms with Gasteiger partial charge in [0.05, 0.1) is 25.3 Å². The number of methoxy groups -OCH3 is 2. The third kappa shape index (κ3) is 3.59. The molecule has 0 radical (unpaired) electrons. The predicted octanol–water partition coefficient (Wildman–Crippen LogP) is 6.90. The molecule has 4 nitrogen and oxygen atoms in total. The van der Waals surface area contributed by atoms with Gasteiger partial charge in [-0.3, -0.25) is 0 Å². The lowest BCUT2D eigenvalue weighted by atomic mass is 9.84. The van der Waals surface area contributed by atoms with Crippen molar-refractivity contribution < 1.29 is 19.1 Å². The molecular formula is C30H22O4. The summed E-state index contributed by atoms with van der Waals surface area (Å²) in [5.74, 6) is -0.819. The minimum Gasteiger partial charge on any atom is -0.465 e. The van der Waals surface area contributed by atoms with Crippen molar-refractivity contribution in [2.24, 2.45) is 0 Å². The maximum absolute atomic E-state index is 12.4. The highest BCUT2D eigenvalue weighted by molar-refractivity contribution is 6.23. The molecule has 166 valence electrons. The first-order valence-electron chi connectivity index (χ1n) is 10.9. The fraction of sp³-hybridized carbons (Fsp3) is 0.0667. The van der Waals surface area contributed by atoms with Gasteiger partial charge in [0.2, 0.25) is 0 Å². The van der Waals surface area contributed by atoms with Gasteiger partial charge in [-0.25, -0.2) is 9.59 Å². The van der Waals surface area contributed by atoms with E-state index in [2.05, 4.69) is 24.3 Å². The van der Waals surface area contributed by atoms with Gasteiger partial charge < -0.3 is 9.47 Å². The summed E-state index contributed by atoms with van der Waals surface area (Å²) in [5.41, 5.74) is 5.16. The van der Waals surface area contributed by atoms with Gasteiger partial charge in [0.25, 0.3) is 0 Å². The Morgan fingerprint density at radius 1 is 0.500 bits per heavy atom. The van der Waals surface area contributed by atoms with Crippen LogP contribution in [0, 0.1) is 0 Å². The summed E-state index contributed by atoms with van der Waals surface area (Å²) in [6.45, 7) is 0. The van der Waals surface area contributed by atoms with E-state index in [1.54, 1.807) is 12.1 Å². The number of carbonyl (C=O) groups excluding carboxylic acids is 2. The van der Waals surface area contributed by atoms with Crippen LogP contribution in [0.15, 0.2) is 97.1 Å². The number of benzene rings is 5. The molecule has 4 heteroatoms. The molecule has 0 fully saturated rings. The number of fused-ring (bicyclic) bond motifs is 3. The second-order valence-electron chi connectivity index (χ2n) is 7.99. The molecule has 5 rings (SSSR count). The number of ether oxygens (including phenoxy) is 2. The molecule has 0 aromatic heterocycles. The molecule has 0 atom stereocenters. The Morgan fingerprint density at radius 2 is 0.882 bits per heavy atom. The number of esters is 2. The second kappa shape index (κ2) is 8.83. The highest BCUT2D eigenvalue weighted by atomic mass is 16.5. The summed E-state index contributed by atoms with van der Waals surface area (Å²) in [7, 11) is 2.74. The van der Waals surface area contributed by atoms with Crippen molar-refractivity contribution in [3.05, 3.63) is 108 Å². The average Bonchev–Trinajstić information content (AvgIpc) is 2.91. The number of hydrogen-bond donors (Lipinski definition) is 0. The van der Waals surface area contributed by atoms with E-state index < -0.39 is 11.9 Å². The van der Waals surface area contributed by atoms with Crippen molar-refractivity contribution in [3.8, 4) is 22.3 Å². The lowest BCUT2D eigenvalue weighted by molar-refractivity contribution is 0.0592. The largest absolute Gasteiger partial charge is 0.465 e. The molecule has 0 unspecified atom stereocenters. The zero-order chi connectivity index (χ0) is 23.7. The number of rotatable bonds is 4. The molecule has 0 N–H and O–H groups in total. The molecule has 0 aliphatic carbocycles. The number of carbonyl (C=O) groups is 2. The quantitative estimate of drug-likeness (QED) is 0.223. The molecule has 34 heavy (non-hydrogen) atoms. The van der Waals surface area contributed by atoms with Crippen LogP contribution in [-0.2, 0) is 9.47 Å². The Morgan fingerprint density at radius 3 is 1.24 bits per heavy atom. The molecule has 0 aliphatic heterocycles. The maximum atomic E-state index is 12.4. The van der Waals surface area contributed by atoms with Gasteiger partial charge in [0.15, 0.2) is 0 Å². The molecule has 0 spiro atoms. The first kappa shape index (κ1) is 21.4. The molecule has 0 heterocycles. The van der Waals surface area contributed by atoms with E-state index in [4.69, 9.17) is 9.47 Å². The fourth-order valence-electron chi connectivity index (χ4n) is 4.54. The Balaban J connectivity index is 2.00. The molecule has 0 aliphatic rings. The normalized spacial score (nSPS) is 10.9. The Labute approximate surface area is 197 Å². The minimum atomic E-state index is -0.410.